The minimum absolute atomic E-state index is 0.0979. The van der Waals surface area contributed by atoms with Crippen LogP contribution in [0.4, 0.5) is 5.82 Å². The lowest BCUT2D eigenvalue weighted by atomic mass is 10.2. The summed E-state index contributed by atoms with van der Waals surface area (Å²) in [5.74, 6) is 0.791. The number of carbonyl (C=O) groups excluding carboxylic acids is 1. The van der Waals surface area contributed by atoms with Crippen molar-refractivity contribution in [1.82, 2.24) is 14.3 Å². The van der Waals surface area contributed by atoms with E-state index in [0.29, 0.717) is 38.7 Å². The van der Waals surface area contributed by atoms with E-state index in [0.717, 1.165) is 25.7 Å². The largest absolute Gasteiger partial charge is 0.369 e. The summed E-state index contributed by atoms with van der Waals surface area (Å²) in [4.78, 5) is 33.1. The summed E-state index contributed by atoms with van der Waals surface area (Å²) in [6, 6.07) is 5.62. The molecule has 2 aromatic heterocycles. The van der Waals surface area contributed by atoms with Crippen molar-refractivity contribution >= 4 is 51.7 Å². The third kappa shape index (κ3) is 3.96. The van der Waals surface area contributed by atoms with E-state index in [9.17, 15) is 9.59 Å². The van der Waals surface area contributed by atoms with Crippen molar-refractivity contribution in [3.63, 3.8) is 0 Å². The molecule has 0 bridgehead atoms. The molecule has 0 unspecified atom stereocenters. The molecule has 0 radical (unpaired) electrons. The lowest BCUT2D eigenvalue weighted by Crippen LogP contribution is -2.36. The fourth-order valence-electron chi connectivity index (χ4n) is 3.76. The summed E-state index contributed by atoms with van der Waals surface area (Å²) in [6.45, 7) is 4.86. The normalized spacial score (nSPS) is 19.3. The number of fused-ring (bicyclic) bond motifs is 1. The molecule has 3 heterocycles. The van der Waals surface area contributed by atoms with E-state index < -0.39 is 0 Å². The number of thiocarbonyl (C=S) groups is 1. The molecule has 1 saturated heterocycles. The van der Waals surface area contributed by atoms with E-state index in [1.807, 2.05) is 6.07 Å². The molecule has 8 heteroatoms. The summed E-state index contributed by atoms with van der Waals surface area (Å²) >= 11 is 6.76. The molecule has 1 amide bonds. The minimum Gasteiger partial charge on any atom is -0.369 e. The maximum atomic E-state index is 13.2. The Balaban J connectivity index is 1.77. The van der Waals surface area contributed by atoms with E-state index in [4.69, 9.17) is 12.2 Å². The first-order valence-electron chi connectivity index (χ1n) is 9.98. The molecule has 152 valence electrons. The van der Waals surface area contributed by atoms with Crippen molar-refractivity contribution in [2.45, 2.75) is 45.6 Å². The number of carbonyl (C=O) groups is 1. The Morgan fingerprint density at radius 1 is 1.31 bits per heavy atom. The summed E-state index contributed by atoms with van der Waals surface area (Å²) in [5, 5.41) is 3.28. The zero-order chi connectivity index (χ0) is 20.5. The van der Waals surface area contributed by atoms with Gasteiger partial charge in [-0.2, -0.15) is 0 Å². The topological polar surface area (TPSA) is 66.7 Å². The van der Waals surface area contributed by atoms with Gasteiger partial charge in [0, 0.05) is 18.8 Å². The maximum Gasteiger partial charge on any atom is 0.267 e. The number of pyridine rings is 1. The Hall–Kier alpha value is -2.19. The highest BCUT2D eigenvalue weighted by atomic mass is 32.2. The molecule has 2 fully saturated rings. The number of rotatable bonds is 5. The molecule has 0 spiro atoms. The molecule has 29 heavy (non-hydrogen) atoms. The van der Waals surface area contributed by atoms with Gasteiger partial charge in [0.25, 0.3) is 11.5 Å². The van der Waals surface area contributed by atoms with Gasteiger partial charge in [-0.1, -0.05) is 56.7 Å². The molecule has 2 aromatic rings. The summed E-state index contributed by atoms with van der Waals surface area (Å²) < 4.78 is 2.09. The van der Waals surface area contributed by atoms with Crippen LogP contribution in [0.15, 0.2) is 34.1 Å². The minimum atomic E-state index is -0.201. The highest BCUT2D eigenvalue weighted by Gasteiger charge is 2.38. The predicted molar refractivity (Wildman–Crippen MR) is 122 cm³/mol. The molecule has 6 nitrogen and oxygen atoms in total. The first-order valence-corrected chi connectivity index (χ1v) is 11.2. The lowest BCUT2D eigenvalue weighted by molar-refractivity contribution is -0.123. The smallest absolute Gasteiger partial charge is 0.267 e. The molecular weight excluding hydrogens is 404 g/mol. The number of thioether (sulfide) groups is 1. The van der Waals surface area contributed by atoms with Crippen LogP contribution < -0.4 is 10.9 Å². The first kappa shape index (κ1) is 20.1. The Kier molecular flexibility index (Phi) is 5.74. The van der Waals surface area contributed by atoms with Gasteiger partial charge >= 0.3 is 0 Å². The molecular formula is C21H24N4O2S2. The van der Waals surface area contributed by atoms with Crippen LogP contribution in [-0.4, -0.2) is 37.1 Å². The van der Waals surface area contributed by atoms with Crippen molar-refractivity contribution in [3.05, 3.63) is 45.2 Å². The van der Waals surface area contributed by atoms with Gasteiger partial charge in [-0.3, -0.25) is 18.9 Å². The maximum absolute atomic E-state index is 13.2. The van der Waals surface area contributed by atoms with Crippen molar-refractivity contribution in [3.8, 4) is 0 Å². The van der Waals surface area contributed by atoms with E-state index in [1.165, 1.54) is 16.2 Å². The third-order valence-corrected chi connectivity index (χ3v) is 6.57. The van der Waals surface area contributed by atoms with Gasteiger partial charge in [-0.25, -0.2) is 4.98 Å². The quantitative estimate of drug-likeness (QED) is 0.575. The van der Waals surface area contributed by atoms with Gasteiger partial charge in [0.05, 0.1) is 10.5 Å². The average molecular weight is 429 g/mol. The van der Waals surface area contributed by atoms with Crippen LogP contribution in [0, 0.1) is 5.92 Å². The SMILES string of the molecule is CC(C)CNc1nc2ccccn2c(=O)c1C=C1SC(=S)N(C2CCCC2)C1=O. The predicted octanol–water partition coefficient (Wildman–Crippen LogP) is 3.91. The van der Waals surface area contributed by atoms with Crippen LogP contribution in [0.1, 0.15) is 45.1 Å². The van der Waals surface area contributed by atoms with Crippen LogP contribution >= 0.6 is 24.0 Å². The molecule has 0 atom stereocenters. The molecule has 1 aliphatic heterocycles. The van der Waals surface area contributed by atoms with Gasteiger partial charge in [0.1, 0.15) is 15.8 Å². The van der Waals surface area contributed by atoms with Crippen LogP contribution in [0.2, 0.25) is 0 Å². The van der Waals surface area contributed by atoms with Crippen LogP contribution in [0.5, 0.6) is 0 Å². The van der Waals surface area contributed by atoms with E-state index >= 15 is 0 Å². The van der Waals surface area contributed by atoms with Gasteiger partial charge in [0.2, 0.25) is 0 Å². The van der Waals surface area contributed by atoms with Crippen LogP contribution in [0.25, 0.3) is 11.7 Å². The second-order valence-corrected chi connectivity index (χ2v) is 9.55. The lowest BCUT2D eigenvalue weighted by Gasteiger charge is -2.21. The van der Waals surface area contributed by atoms with Crippen molar-refractivity contribution in [1.29, 1.82) is 0 Å². The Morgan fingerprint density at radius 2 is 2.07 bits per heavy atom. The van der Waals surface area contributed by atoms with Gasteiger partial charge in [-0.15, -0.1) is 0 Å². The number of nitrogens with zero attached hydrogens (tertiary/aromatic N) is 3. The number of hydrogen-bond acceptors (Lipinski definition) is 6. The highest BCUT2D eigenvalue weighted by Crippen LogP contribution is 2.38. The summed E-state index contributed by atoms with van der Waals surface area (Å²) in [6.07, 6.45) is 7.58. The number of anilines is 1. The van der Waals surface area contributed by atoms with E-state index in [-0.39, 0.29) is 17.5 Å². The molecule has 4 rings (SSSR count). The standard InChI is InChI=1S/C21H24N4O2S2/c1-13(2)12-22-18-15(19(26)24-10-6-5-9-17(24)23-18)11-16-20(27)25(21(28)29-16)14-7-3-4-8-14/h5-6,9-11,13-14,22H,3-4,7-8,12H2,1-2H3. The number of aromatic nitrogens is 2. The molecule has 1 aliphatic carbocycles. The summed E-state index contributed by atoms with van der Waals surface area (Å²) in [7, 11) is 0. The Morgan fingerprint density at radius 3 is 2.79 bits per heavy atom. The highest BCUT2D eigenvalue weighted by molar-refractivity contribution is 8.26. The molecule has 1 N–H and O–H groups in total. The van der Waals surface area contributed by atoms with Crippen LogP contribution in [0.3, 0.4) is 0 Å². The number of nitrogens with one attached hydrogen (secondary N) is 1. The average Bonchev–Trinajstić information content (AvgIpc) is 3.30. The third-order valence-electron chi connectivity index (χ3n) is 5.24. The van der Waals surface area contributed by atoms with E-state index in [1.54, 1.807) is 29.3 Å². The van der Waals surface area contributed by atoms with E-state index in [2.05, 4.69) is 24.1 Å². The number of amides is 1. The zero-order valence-electron chi connectivity index (χ0n) is 16.6. The second kappa shape index (κ2) is 8.28. The Bertz CT molecular complexity index is 1050. The van der Waals surface area contributed by atoms with Crippen molar-refractivity contribution in [2.75, 3.05) is 11.9 Å². The van der Waals surface area contributed by atoms with Gasteiger partial charge in [0.15, 0.2) is 0 Å². The van der Waals surface area contributed by atoms with Gasteiger partial charge < -0.3 is 5.32 Å². The fraction of sp³-hybridized carbons (Fsp3) is 0.429. The first-order chi connectivity index (χ1) is 14.0. The molecule has 2 aliphatic rings. The fourth-order valence-corrected chi connectivity index (χ4v) is 5.14. The van der Waals surface area contributed by atoms with Crippen LogP contribution in [-0.2, 0) is 4.79 Å². The van der Waals surface area contributed by atoms with Gasteiger partial charge in [-0.05, 0) is 37.0 Å². The zero-order valence-corrected chi connectivity index (χ0v) is 18.2. The number of hydrogen-bond donors (Lipinski definition) is 1. The van der Waals surface area contributed by atoms with Crippen molar-refractivity contribution < 1.29 is 4.79 Å². The molecule has 0 aromatic carbocycles. The Labute approximate surface area is 179 Å². The molecule has 1 saturated carbocycles. The second-order valence-electron chi connectivity index (χ2n) is 7.87. The monoisotopic (exact) mass is 428 g/mol. The summed E-state index contributed by atoms with van der Waals surface area (Å²) in [5.41, 5.74) is 0.758. The van der Waals surface area contributed by atoms with Crippen molar-refractivity contribution in [2.24, 2.45) is 5.92 Å².